The van der Waals surface area contributed by atoms with Gasteiger partial charge in [-0.3, -0.25) is 9.59 Å². The van der Waals surface area contributed by atoms with Crippen LogP contribution in [-0.4, -0.2) is 30.9 Å². The summed E-state index contributed by atoms with van der Waals surface area (Å²) >= 11 is 0. The first kappa shape index (κ1) is 10.6. The van der Waals surface area contributed by atoms with Gasteiger partial charge in [0, 0.05) is 0 Å². The Hall–Kier alpha value is -1.39. The zero-order valence-electron chi connectivity index (χ0n) is 6.96. The SMILES string of the molecule is CC(=O)COC(=O)OCC(C)=O. The van der Waals surface area contributed by atoms with Gasteiger partial charge >= 0.3 is 6.16 Å². The Balaban J connectivity index is 3.47. The van der Waals surface area contributed by atoms with Gasteiger partial charge in [-0.2, -0.15) is 0 Å². The highest BCUT2D eigenvalue weighted by Gasteiger charge is 2.05. The second-order valence-electron chi connectivity index (χ2n) is 2.23. The summed E-state index contributed by atoms with van der Waals surface area (Å²) in [6.45, 7) is 1.91. The molecule has 0 aromatic rings. The Labute approximate surface area is 69.6 Å². The number of hydrogen-bond donors (Lipinski definition) is 0. The van der Waals surface area contributed by atoms with Crippen molar-refractivity contribution in [2.24, 2.45) is 0 Å². The number of carbonyl (C=O) groups excluding carboxylic acids is 3. The molecule has 0 aliphatic rings. The summed E-state index contributed by atoms with van der Waals surface area (Å²) in [7, 11) is 0. The van der Waals surface area contributed by atoms with Crippen molar-refractivity contribution >= 4 is 17.7 Å². The Morgan fingerprint density at radius 1 is 0.917 bits per heavy atom. The van der Waals surface area contributed by atoms with Crippen molar-refractivity contribution in [3.63, 3.8) is 0 Å². The Kier molecular flexibility index (Phi) is 4.67. The third-order valence-electron chi connectivity index (χ3n) is 0.787. The Bertz CT molecular complexity index is 176. The molecule has 12 heavy (non-hydrogen) atoms. The molecule has 5 heteroatoms. The molecule has 0 aromatic carbocycles. The standard InChI is InChI=1S/C7H10O5/c1-5(8)3-11-7(10)12-4-6(2)9/h3-4H2,1-2H3. The minimum absolute atomic E-state index is 0.283. The van der Waals surface area contributed by atoms with E-state index in [-0.39, 0.29) is 24.8 Å². The topological polar surface area (TPSA) is 69.7 Å². The van der Waals surface area contributed by atoms with Crippen molar-refractivity contribution in [2.45, 2.75) is 13.8 Å². The van der Waals surface area contributed by atoms with Gasteiger partial charge < -0.3 is 9.47 Å². The summed E-state index contributed by atoms with van der Waals surface area (Å²) in [5.41, 5.74) is 0. The van der Waals surface area contributed by atoms with E-state index in [1.54, 1.807) is 0 Å². The van der Waals surface area contributed by atoms with Crippen molar-refractivity contribution in [1.29, 1.82) is 0 Å². The summed E-state index contributed by atoms with van der Waals surface area (Å²) in [6, 6.07) is 0. The minimum Gasteiger partial charge on any atom is -0.426 e. The van der Waals surface area contributed by atoms with Crippen LogP contribution in [0.1, 0.15) is 13.8 Å². The predicted molar refractivity (Wildman–Crippen MR) is 38.7 cm³/mol. The van der Waals surface area contributed by atoms with E-state index in [9.17, 15) is 14.4 Å². The van der Waals surface area contributed by atoms with Gasteiger partial charge in [-0.05, 0) is 13.8 Å². The van der Waals surface area contributed by atoms with Crippen molar-refractivity contribution < 1.29 is 23.9 Å². The monoisotopic (exact) mass is 174 g/mol. The molecule has 0 aromatic heterocycles. The van der Waals surface area contributed by atoms with Crippen LogP contribution in [0.15, 0.2) is 0 Å². The first-order valence-corrected chi connectivity index (χ1v) is 3.31. The second-order valence-corrected chi connectivity index (χ2v) is 2.23. The number of rotatable bonds is 4. The van der Waals surface area contributed by atoms with Gasteiger partial charge in [-0.25, -0.2) is 4.79 Å². The van der Waals surface area contributed by atoms with E-state index in [1.807, 2.05) is 0 Å². The molecule has 0 radical (unpaired) electrons. The van der Waals surface area contributed by atoms with E-state index in [2.05, 4.69) is 9.47 Å². The molecule has 0 fully saturated rings. The van der Waals surface area contributed by atoms with Gasteiger partial charge in [-0.1, -0.05) is 0 Å². The molecule has 0 heterocycles. The zero-order valence-corrected chi connectivity index (χ0v) is 6.96. The van der Waals surface area contributed by atoms with Crippen LogP contribution in [0.4, 0.5) is 4.79 Å². The number of hydrogen-bond acceptors (Lipinski definition) is 5. The molecule has 68 valence electrons. The smallest absolute Gasteiger partial charge is 0.426 e. The molecule has 0 unspecified atom stereocenters. The van der Waals surface area contributed by atoms with E-state index in [0.717, 1.165) is 0 Å². The molecular formula is C7H10O5. The zero-order chi connectivity index (χ0) is 9.56. The molecule has 5 nitrogen and oxygen atoms in total. The summed E-state index contributed by atoms with van der Waals surface area (Å²) in [6.07, 6.45) is -1.000. The maximum absolute atomic E-state index is 10.5. The van der Waals surface area contributed by atoms with E-state index in [0.29, 0.717) is 0 Å². The molecule has 0 aliphatic heterocycles. The Morgan fingerprint density at radius 3 is 1.50 bits per heavy atom. The lowest BCUT2D eigenvalue weighted by molar-refractivity contribution is -0.122. The molecule has 0 N–H and O–H groups in total. The molecule has 0 saturated carbocycles. The quantitative estimate of drug-likeness (QED) is 0.574. The first-order valence-electron chi connectivity index (χ1n) is 3.31. The van der Waals surface area contributed by atoms with Crippen LogP contribution < -0.4 is 0 Å². The molecule has 0 rings (SSSR count). The highest BCUT2D eigenvalue weighted by Crippen LogP contribution is 1.86. The normalized spacial score (nSPS) is 8.83. The summed E-state index contributed by atoms with van der Waals surface area (Å²) < 4.78 is 8.58. The van der Waals surface area contributed by atoms with Gasteiger partial charge in [0.15, 0.2) is 24.8 Å². The molecule has 0 atom stereocenters. The van der Waals surface area contributed by atoms with Crippen molar-refractivity contribution in [3.8, 4) is 0 Å². The first-order chi connectivity index (χ1) is 5.52. The molecule has 0 saturated heterocycles. The van der Waals surface area contributed by atoms with Crippen molar-refractivity contribution in [3.05, 3.63) is 0 Å². The van der Waals surface area contributed by atoms with Gasteiger partial charge in [0.25, 0.3) is 0 Å². The summed E-state index contributed by atoms with van der Waals surface area (Å²) in [5.74, 6) is -0.565. The van der Waals surface area contributed by atoms with Gasteiger partial charge in [0.05, 0.1) is 0 Å². The van der Waals surface area contributed by atoms with Crippen LogP contribution in [0.5, 0.6) is 0 Å². The maximum Gasteiger partial charge on any atom is 0.509 e. The van der Waals surface area contributed by atoms with Crippen LogP contribution in [-0.2, 0) is 19.1 Å². The molecule has 0 bridgehead atoms. The summed E-state index contributed by atoms with van der Waals surface area (Å²) in [5, 5.41) is 0. The molecule has 0 amide bonds. The van der Waals surface area contributed by atoms with Crippen LogP contribution in [0.25, 0.3) is 0 Å². The third kappa shape index (κ3) is 6.73. The fourth-order valence-electron chi connectivity index (χ4n) is 0.363. The van der Waals surface area contributed by atoms with E-state index >= 15 is 0 Å². The number of Topliss-reactive ketones (excluding diaryl/α,β-unsaturated/α-hetero) is 2. The molecular weight excluding hydrogens is 164 g/mol. The van der Waals surface area contributed by atoms with Crippen LogP contribution in [0.3, 0.4) is 0 Å². The Morgan fingerprint density at radius 2 is 1.25 bits per heavy atom. The average molecular weight is 174 g/mol. The lowest BCUT2D eigenvalue weighted by Gasteiger charge is -2.01. The predicted octanol–water partition coefficient (Wildman–Crippen LogP) is 0.318. The van der Waals surface area contributed by atoms with Gasteiger partial charge in [0.2, 0.25) is 0 Å². The lowest BCUT2D eigenvalue weighted by Crippen LogP contribution is -2.15. The number of carbonyl (C=O) groups is 3. The highest BCUT2D eigenvalue weighted by molar-refractivity contribution is 5.80. The number of ether oxygens (including phenoxy) is 2. The fraction of sp³-hybridized carbons (Fsp3) is 0.571. The third-order valence-corrected chi connectivity index (χ3v) is 0.787. The van der Waals surface area contributed by atoms with Crippen molar-refractivity contribution in [1.82, 2.24) is 0 Å². The van der Waals surface area contributed by atoms with Gasteiger partial charge in [-0.15, -0.1) is 0 Å². The van der Waals surface area contributed by atoms with E-state index < -0.39 is 6.16 Å². The molecule has 0 spiro atoms. The van der Waals surface area contributed by atoms with E-state index in [4.69, 9.17) is 0 Å². The summed E-state index contributed by atoms with van der Waals surface area (Å²) in [4.78, 5) is 31.1. The van der Waals surface area contributed by atoms with E-state index in [1.165, 1.54) is 13.8 Å². The highest BCUT2D eigenvalue weighted by atomic mass is 16.7. The largest absolute Gasteiger partial charge is 0.509 e. The fourth-order valence-corrected chi connectivity index (χ4v) is 0.363. The maximum atomic E-state index is 10.5. The van der Waals surface area contributed by atoms with Crippen molar-refractivity contribution in [2.75, 3.05) is 13.2 Å². The van der Waals surface area contributed by atoms with Crippen LogP contribution in [0.2, 0.25) is 0 Å². The number of ketones is 2. The van der Waals surface area contributed by atoms with Gasteiger partial charge in [0.1, 0.15) is 0 Å². The van der Waals surface area contributed by atoms with Crippen LogP contribution >= 0.6 is 0 Å². The average Bonchev–Trinajstić information content (AvgIpc) is 1.96. The minimum atomic E-state index is -1.000. The second kappa shape index (κ2) is 5.29. The van der Waals surface area contributed by atoms with Crippen LogP contribution in [0, 0.1) is 0 Å². The lowest BCUT2D eigenvalue weighted by atomic mass is 10.5. The molecule has 0 aliphatic carbocycles.